The Morgan fingerprint density at radius 2 is 1.00 bits per heavy atom. The topological polar surface area (TPSA) is 18.5 Å². The van der Waals surface area contributed by atoms with E-state index >= 15 is 0 Å². The minimum absolute atomic E-state index is 0.193. The van der Waals surface area contributed by atoms with E-state index in [2.05, 4.69) is 117 Å². The van der Waals surface area contributed by atoms with E-state index in [1.165, 1.54) is 21.5 Å². The van der Waals surface area contributed by atoms with Gasteiger partial charge in [-0.25, -0.2) is 0 Å². The first kappa shape index (κ1) is 25.3. The molecule has 2 nitrogen and oxygen atoms in total. The lowest BCUT2D eigenvalue weighted by Gasteiger charge is -2.39. The van der Waals surface area contributed by atoms with Crippen molar-refractivity contribution < 1.29 is 8.85 Å². The minimum atomic E-state index is -1.87. The first-order valence-corrected chi connectivity index (χ1v) is 20.8. The Morgan fingerprint density at radius 3 is 1.31 bits per heavy atom. The van der Waals surface area contributed by atoms with Crippen LogP contribution in [0.5, 0.6) is 11.5 Å². The molecular weight excluding hydrogens is 441 g/mol. The van der Waals surface area contributed by atoms with Crippen molar-refractivity contribution in [3.8, 4) is 11.5 Å². The second kappa shape index (κ2) is 7.88. The van der Waals surface area contributed by atoms with E-state index in [-0.39, 0.29) is 10.1 Å². The van der Waals surface area contributed by atoms with Crippen molar-refractivity contribution in [2.75, 3.05) is 0 Å². The summed E-state index contributed by atoms with van der Waals surface area (Å²) >= 11 is 0. The second-order valence-electron chi connectivity index (χ2n) is 13.2. The molecule has 2 aromatic rings. The molecule has 0 radical (unpaired) electrons. The van der Waals surface area contributed by atoms with Gasteiger partial charge < -0.3 is 8.85 Å². The zero-order chi connectivity index (χ0) is 24.3. The fourth-order valence-corrected chi connectivity index (χ4v) is 9.25. The molecule has 1 aliphatic heterocycles. The standard InChI is InChI=1S/C27H44O2Si3/c1-26(2,3)31(9,10)28-22-15-13-20-17-21-14-16-23(29-32(11,12)27(4,5)6)19-25(21)30(7,8)24(20)18-22/h13-16,18-19H,17H2,1-12H3. The summed E-state index contributed by atoms with van der Waals surface area (Å²) in [4.78, 5) is 0. The molecule has 32 heavy (non-hydrogen) atoms. The van der Waals surface area contributed by atoms with Crippen molar-refractivity contribution in [2.45, 2.75) is 97.3 Å². The fraction of sp³-hybridized carbons (Fsp3) is 0.556. The van der Waals surface area contributed by atoms with Crippen molar-refractivity contribution >= 4 is 35.1 Å². The van der Waals surface area contributed by atoms with E-state index in [1.807, 2.05) is 0 Å². The molecule has 1 heterocycles. The summed E-state index contributed by atoms with van der Waals surface area (Å²) in [6.45, 7) is 28.1. The Bertz CT molecular complexity index is 929. The van der Waals surface area contributed by atoms with Gasteiger partial charge in [0.1, 0.15) is 19.6 Å². The van der Waals surface area contributed by atoms with E-state index in [0.29, 0.717) is 0 Å². The zero-order valence-electron chi connectivity index (χ0n) is 22.5. The highest BCUT2D eigenvalue weighted by Crippen LogP contribution is 2.39. The van der Waals surface area contributed by atoms with Gasteiger partial charge >= 0.3 is 0 Å². The minimum Gasteiger partial charge on any atom is -0.544 e. The van der Waals surface area contributed by atoms with Gasteiger partial charge in [-0.3, -0.25) is 0 Å². The van der Waals surface area contributed by atoms with E-state index in [4.69, 9.17) is 8.85 Å². The maximum absolute atomic E-state index is 6.68. The van der Waals surface area contributed by atoms with Gasteiger partial charge in [-0.15, -0.1) is 0 Å². The Kier molecular flexibility index (Phi) is 6.23. The Morgan fingerprint density at radius 1 is 0.656 bits per heavy atom. The highest BCUT2D eigenvalue weighted by atomic mass is 28.4. The lowest BCUT2D eigenvalue weighted by molar-refractivity contribution is 0.492. The predicted molar refractivity (Wildman–Crippen MR) is 148 cm³/mol. The van der Waals surface area contributed by atoms with Crippen molar-refractivity contribution in [3.63, 3.8) is 0 Å². The Labute approximate surface area is 200 Å². The van der Waals surface area contributed by atoms with Gasteiger partial charge in [0.15, 0.2) is 0 Å². The molecule has 176 valence electrons. The molecule has 0 unspecified atom stereocenters. The van der Waals surface area contributed by atoms with Crippen LogP contribution in [0.15, 0.2) is 36.4 Å². The van der Waals surface area contributed by atoms with Crippen LogP contribution in [0.4, 0.5) is 0 Å². The lowest BCUT2D eigenvalue weighted by atomic mass is 10.0. The normalized spacial score (nSPS) is 16.2. The maximum atomic E-state index is 6.68. The molecule has 0 N–H and O–H groups in total. The molecule has 1 aliphatic rings. The average Bonchev–Trinajstić information content (AvgIpc) is 2.61. The molecule has 0 saturated carbocycles. The van der Waals surface area contributed by atoms with E-state index in [0.717, 1.165) is 17.9 Å². The summed E-state index contributed by atoms with van der Waals surface area (Å²) in [6, 6.07) is 13.8. The molecule has 0 bridgehead atoms. The van der Waals surface area contributed by atoms with Crippen molar-refractivity contribution in [3.05, 3.63) is 47.5 Å². The lowest BCUT2D eigenvalue weighted by Crippen LogP contribution is -2.58. The van der Waals surface area contributed by atoms with E-state index in [1.54, 1.807) is 0 Å². The van der Waals surface area contributed by atoms with Crippen molar-refractivity contribution in [1.29, 1.82) is 0 Å². The number of fused-ring (bicyclic) bond motifs is 2. The molecular formula is C27H44O2Si3. The average molecular weight is 485 g/mol. The van der Waals surface area contributed by atoms with Gasteiger partial charge in [-0.2, -0.15) is 0 Å². The molecule has 0 fully saturated rings. The summed E-state index contributed by atoms with van der Waals surface area (Å²) in [7, 11) is -5.59. The molecule has 0 saturated heterocycles. The maximum Gasteiger partial charge on any atom is 0.250 e. The van der Waals surface area contributed by atoms with Crippen LogP contribution in [0.25, 0.3) is 0 Å². The highest BCUT2D eigenvalue weighted by molar-refractivity contribution is 7.01. The predicted octanol–water partition coefficient (Wildman–Crippen LogP) is 7.18. The first-order valence-electron chi connectivity index (χ1n) is 12.0. The number of hydrogen-bond acceptors (Lipinski definition) is 2. The third-order valence-corrected chi connectivity index (χ3v) is 20.6. The Balaban J connectivity index is 1.98. The molecule has 0 aromatic heterocycles. The number of benzene rings is 2. The monoisotopic (exact) mass is 484 g/mol. The summed E-state index contributed by atoms with van der Waals surface area (Å²) in [5.74, 6) is 2.10. The Hall–Kier alpha value is -1.31. The number of rotatable bonds is 4. The highest BCUT2D eigenvalue weighted by Gasteiger charge is 2.41. The van der Waals surface area contributed by atoms with Crippen LogP contribution in [-0.4, -0.2) is 24.7 Å². The second-order valence-corrected chi connectivity index (χ2v) is 26.9. The van der Waals surface area contributed by atoms with Gasteiger partial charge in [0, 0.05) is 0 Å². The summed E-state index contributed by atoms with van der Waals surface area (Å²) in [5.41, 5.74) is 2.93. The largest absolute Gasteiger partial charge is 0.544 e. The van der Waals surface area contributed by atoms with Crippen LogP contribution < -0.4 is 19.2 Å². The van der Waals surface area contributed by atoms with Crippen LogP contribution in [0.1, 0.15) is 52.7 Å². The first-order chi connectivity index (χ1) is 14.4. The molecule has 0 aliphatic carbocycles. The summed E-state index contributed by atoms with van der Waals surface area (Å²) in [6.07, 6.45) is 1.00. The molecule has 2 aromatic carbocycles. The third-order valence-electron chi connectivity index (χ3n) is 8.25. The van der Waals surface area contributed by atoms with Gasteiger partial charge in [0.25, 0.3) is 0 Å². The van der Waals surface area contributed by atoms with Gasteiger partial charge in [0.05, 0.1) is 0 Å². The van der Waals surface area contributed by atoms with Gasteiger partial charge in [-0.05, 0) is 88.5 Å². The van der Waals surface area contributed by atoms with Gasteiger partial charge in [0.2, 0.25) is 16.6 Å². The molecule has 0 atom stereocenters. The van der Waals surface area contributed by atoms with Crippen LogP contribution in [0.2, 0.25) is 49.4 Å². The van der Waals surface area contributed by atoms with Crippen molar-refractivity contribution in [1.82, 2.24) is 0 Å². The summed E-state index contributed by atoms with van der Waals surface area (Å²) in [5, 5.41) is 3.42. The van der Waals surface area contributed by atoms with E-state index < -0.39 is 24.7 Å². The van der Waals surface area contributed by atoms with Crippen LogP contribution >= 0.6 is 0 Å². The zero-order valence-corrected chi connectivity index (χ0v) is 25.5. The molecule has 0 amide bonds. The third kappa shape index (κ3) is 4.66. The van der Waals surface area contributed by atoms with Crippen LogP contribution in [-0.2, 0) is 6.42 Å². The van der Waals surface area contributed by atoms with E-state index in [9.17, 15) is 0 Å². The fourth-order valence-electron chi connectivity index (χ4n) is 3.96. The smallest absolute Gasteiger partial charge is 0.250 e. The SMILES string of the molecule is CC(C)(C)[Si](C)(C)Oc1ccc2c(c1)[Si](C)(C)c1cc(O[Si](C)(C)C(C)(C)C)ccc1C2. The van der Waals surface area contributed by atoms with Gasteiger partial charge in [-0.1, -0.05) is 66.8 Å². The number of hydrogen-bond donors (Lipinski definition) is 0. The van der Waals surface area contributed by atoms with Crippen LogP contribution in [0, 0.1) is 0 Å². The molecule has 0 spiro atoms. The molecule has 5 heteroatoms. The van der Waals surface area contributed by atoms with Crippen LogP contribution in [0.3, 0.4) is 0 Å². The molecule has 3 rings (SSSR count). The van der Waals surface area contributed by atoms with Crippen molar-refractivity contribution in [2.24, 2.45) is 0 Å². The summed E-state index contributed by atoms with van der Waals surface area (Å²) < 4.78 is 13.4. The quantitative estimate of drug-likeness (QED) is 0.428.